The zero-order valence-corrected chi connectivity index (χ0v) is 4.12. The summed E-state index contributed by atoms with van der Waals surface area (Å²) in [5.41, 5.74) is -4.76. The Balaban J connectivity index is 3.55. The average Bonchev–Trinajstić information content (AvgIpc) is 1.21. The average molecular weight is 147 g/mol. The van der Waals surface area contributed by atoms with E-state index in [-0.39, 0.29) is 0 Å². The first-order valence-corrected chi connectivity index (χ1v) is 2.09. The van der Waals surface area contributed by atoms with Gasteiger partial charge in [0.05, 0.1) is 0 Å². The van der Waals surface area contributed by atoms with Gasteiger partial charge in [0.15, 0.2) is 0 Å². The lowest BCUT2D eigenvalue weighted by atomic mass is 11.6. The molecule has 48 valence electrons. The lowest BCUT2D eigenvalue weighted by Gasteiger charge is -1.92. The quantitative estimate of drug-likeness (QED) is 0.320. The monoisotopic (exact) mass is 147 g/mol. The minimum atomic E-state index is -4.76. The van der Waals surface area contributed by atoms with Crippen molar-refractivity contribution >= 4 is 11.9 Å². The Morgan fingerprint density at radius 1 is 1.50 bits per heavy atom. The molecule has 0 aliphatic carbocycles. The van der Waals surface area contributed by atoms with E-state index < -0.39 is 21.8 Å². The topological polar surface area (TPSA) is 43.1 Å². The Bertz CT molecular complexity index is 99.9. The van der Waals surface area contributed by atoms with Gasteiger partial charge in [0.2, 0.25) is 0 Å². The molecule has 0 radical (unpaired) electrons. The molecule has 0 aliphatic rings. The zero-order valence-electron chi connectivity index (χ0n) is 3.31. The van der Waals surface area contributed by atoms with E-state index in [1.54, 1.807) is 0 Å². The van der Waals surface area contributed by atoms with E-state index in [2.05, 4.69) is 0 Å². The van der Waals surface area contributed by atoms with Crippen LogP contribution < -0.4 is 0 Å². The van der Waals surface area contributed by atoms with Gasteiger partial charge in [-0.2, -0.15) is 13.2 Å². The summed E-state index contributed by atoms with van der Waals surface area (Å²) in [6, 6.07) is 0. The van der Waals surface area contributed by atoms with Gasteiger partial charge in [0.25, 0.3) is 0 Å². The molecule has 0 aromatic rings. The highest BCUT2D eigenvalue weighted by atomic mass is 32.2. The largest absolute Gasteiger partial charge is 0.512 e. The molecule has 0 bridgehead atoms. The number of halogens is 3. The molecular formula is CF3NO2S. The minimum absolute atomic E-state index is 1.27. The van der Waals surface area contributed by atoms with Crippen LogP contribution in [0.3, 0.4) is 0 Å². The molecule has 0 saturated carbocycles. The van der Waals surface area contributed by atoms with Gasteiger partial charge in [0.1, 0.15) is 4.33 Å². The normalized spacial score (nSPS) is 11.4. The first-order chi connectivity index (χ1) is 3.42. The molecular weight excluding hydrogens is 147 g/mol. The van der Waals surface area contributed by atoms with Crippen molar-refractivity contribution in [1.82, 2.24) is 0 Å². The lowest BCUT2D eigenvalue weighted by molar-refractivity contribution is -0.297. The second-order valence-electron chi connectivity index (χ2n) is 0.761. The number of rotatable bonds is 1. The van der Waals surface area contributed by atoms with Crippen molar-refractivity contribution in [3.63, 3.8) is 0 Å². The predicted molar refractivity (Wildman–Crippen MR) is 20.6 cm³/mol. The summed E-state index contributed by atoms with van der Waals surface area (Å²) in [5, 5.41) is 9.06. The fourth-order valence-corrected chi connectivity index (χ4v) is 0.254. The van der Waals surface area contributed by atoms with Crippen molar-refractivity contribution in [2.24, 2.45) is 0 Å². The molecule has 0 fully saturated rings. The molecule has 0 rings (SSSR count). The van der Waals surface area contributed by atoms with Crippen LogP contribution in [0.5, 0.6) is 0 Å². The molecule has 0 spiro atoms. The molecule has 0 aliphatic heterocycles. The molecule has 3 nitrogen and oxygen atoms in total. The van der Waals surface area contributed by atoms with Crippen LogP contribution in [0.2, 0.25) is 0 Å². The Morgan fingerprint density at radius 2 is 1.88 bits per heavy atom. The first kappa shape index (κ1) is 7.54. The van der Waals surface area contributed by atoms with E-state index in [4.69, 9.17) is 10.1 Å². The van der Waals surface area contributed by atoms with Crippen molar-refractivity contribution in [3.8, 4) is 0 Å². The zero-order chi connectivity index (χ0) is 6.78. The van der Waals surface area contributed by atoms with Crippen LogP contribution in [-0.2, 0) is 0 Å². The van der Waals surface area contributed by atoms with Gasteiger partial charge in [-0.1, -0.05) is 0 Å². The first-order valence-electron chi connectivity index (χ1n) is 1.32. The van der Waals surface area contributed by atoms with Crippen molar-refractivity contribution < 1.29 is 17.5 Å². The Morgan fingerprint density at radius 3 is 1.88 bits per heavy atom. The van der Waals surface area contributed by atoms with Gasteiger partial charge in [0, 0.05) is 0 Å². The van der Waals surface area contributed by atoms with Crippen LogP contribution in [0.1, 0.15) is 0 Å². The van der Waals surface area contributed by atoms with Crippen molar-refractivity contribution in [3.05, 3.63) is 10.1 Å². The number of nitro groups is 1. The SMILES string of the molecule is O=[N+]([O-])SC(F)(F)F. The number of hydrogen-bond acceptors (Lipinski definition) is 3. The van der Waals surface area contributed by atoms with Gasteiger partial charge in [-0.25, -0.2) is 0 Å². The smallest absolute Gasteiger partial charge is 0.250 e. The maximum absolute atomic E-state index is 10.8. The molecule has 0 aromatic carbocycles. The van der Waals surface area contributed by atoms with E-state index in [1.165, 1.54) is 0 Å². The Kier molecular flexibility index (Phi) is 2.08. The van der Waals surface area contributed by atoms with Crippen LogP contribution in [0.4, 0.5) is 13.2 Å². The minimum Gasteiger partial charge on any atom is -0.250 e. The van der Waals surface area contributed by atoms with E-state index in [1.807, 2.05) is 0 Å². The number of hydrogen-bond donors (Lipinski definition) is 0. The summed E-state index contributed by atoms with van der Waals surface area (Å²) in [4.78, 5) is 9.06. The fourth-order valence-electron chi connectivity index (χ4n) is 0.0845. The maximum Gasteiger partial charge on any atom is 0.512 e. The van der Waals surface area contributed by atoms with Gasteiger partial charge >= 0.3 is 17.5 Å². The third kappa shape index (κ3) is 5.54. The summed E-state index contributed by atoms with van der Waals surface area (Å²) in [5.74, 6) is 0. The summed E-state index contributed by atoms with van der Waals surface area (Å²) < 4.78 is 31.0. The molecule has 0 unspecified atom stereocenters. The standard InChI is InChI=1S/CF3NO2S/c2-1(3,4)8-5(6)7. The third-order valence-electron chi connectivity index (χ3n) is 0.178. The van der Waals surface area contributed by atoms with E-state index in [9.17, 15) is 13.2 Å². The third-order valence-corrected chi connectivity index (χ3v) is 0.534. The van der Waals surface area contributed by atoms with Crippen LogP contribution in [0.25, 0.3) is 0 Å². The van der Waals surface area contributed by atoms with Crippen molar-refractivity contribution in [2.45, 2.75) is 5.51 Å². The van der Waals surface area contributed by atoms with Crippen LogP contribution >= 0.6 is 11.9 Å². The molecule has 0 atom stereocenters. The molecule has 0 aromatic heterocycles. The van der Waals surface area contributed by atoms with E-state index in [0.29, 0.717) is 0 Å². The van der Waals surface area contributed by atoms with Gasteiger partial charge in [-0.15, -0.1) is 0 Å². The summed E-state index contributed by atoms with van der Waals surface area (Å²) in [6.45, 7) is 0. The van der Waals surface area contributed by atoms with Gasteiger partial charge < -0.3 is 0 Å². The maximum atomic E-state index is 10.8. The Labute approximate surface area is 46.1 Å². The van der Waals surface area contributed by atoms with Crippen LogP contribution in [-0.4, -0.2) is 9.84 Å². The van der Waals surface area contributed by atoms with E-state index >= 15 is 0 Å². The van der Waals surface area contributed by atoms with Crippen molar-refractivity contribution in [2.75, 3.05) is 0 Å². The second kappa shape index (κ2) is 2.21. The lowest BCUT2D eigenvalue weighted by Crippen LogP contribution is -2.03. The van der Waals surface area contributed by atoms with Crippen LogP contribution in [0.15, 0.2) is 0 Å². The summed E-state index contributed by atoms with van der Waals surface area (Å²) >= 11 is -1.27. The van der Waals surface area contributed by atoms with Crippen LogP contribution in [0, 0.1) is 10.1 Å². The number of nitrogens with zero attached hydrogens (tertiary/aromatic N) is 1. The van der Waals surface area contributed by atoms with Gasteiger partial charge in [-0.05, 0) is 0 Å². The number of alkyl halides is 3. The predicted octanol–water partition coefficient (Wildman–Crippen LogP) is 1.43. The Hall–Kier alpha value is -0.460. The van der Waals surface area contributed by atoms with E-state index in [0.717, 1.165) is 0 Å². The molecule has 0 saturated heterocycles. The highest BCUT2D eigenvalue weighted by Gasteiger charge is 2.39. The summed E-state index contributed by atoms with van der Waals surface area (Å²) in [7, 11) is 0. The highest BCUT2D eigenvalue weighted by molar-refractivity contribution is 7.94. The molecule has 0 N–H and O–H groups in total. The highest BCUT2D eigenvalue weighted by Crippen LogP contribution is 2.29. The molecule has 7 heteroatoms. The molecule has 8 heavy (non-hydrogen) atoms. The van der Waals surface area contributed by atoms with Crippen molar-refractivity contribution in [1.29, 1.82) is 0 Å². The van der Waals surface area contributed by atoms with Gasteiger partial charge in [-0.3, -0.25) is 10.1 Å². The second-order valence-corrected chi connectivity index (χ2v) is 1.70. The molecule has 0 heterocycles. The molecule has 0 amide bonds. The summed E-state index contributed by atoms with van der Waals surface area (Å²) in [6.07, 6.45) is 0. The fraction of sp³-hybridized carbons (Fsp3) is 1.00.